The highest BCUT2D eigenvalue weighted by atomic mass is 19.1. The Morgan fingerprint density at radius 3 is 2.52 bits per heavy atom. The lowest BCUT2D eigenvalue weighted by Gasteiger charge is -2.36. The van der Waals surface area contributed by atoms with Gasteiger partial charge in [-0.15, -0.1) is 0 Å². The number of nitrogens with zero attached hydrogens (tertiary/aromatic N) is 6. The van der Waals surface area contributed by atoms with Gasteiger partial charge in [0.05, 0.1) is 23.6 Å². The zero-order chi connectivity index (χ0) is 22.0. The number of anilines is 1. The molecular weight excluding hydrogens is 395 g/mol. The van der Waals surface area contributed by atoms with Crippen LogP contribution in [0.25, 0.3) is 11.1 Å². The van der Waals surface area contributed by atoms with Gasteiger partial charge in [0, 0.05) is 38.6 Å². The summed E-state index contributed by atoms with van der Waals surface area (Å²) in [4.78, 5) is 34.8. The number of likely N-dealkylation sites (tertiary alicyclic amines) is 1. The molecule has 1 fully saturated rings. The van der Waals surface area contributed by atoms with Crippen molar-refractivity contribution < 1.29 is 9.18 Å². The number of carbonyl (C=O) groups is 1. The summed E-state index contributed by atoms with van der Waals surface area (Å²) in [6.07, 6.45) is 7.56. The number of piperidine rings is 1. The molecule has 1 aromatic carbocycles. The molecule has 0 saturated carbocycles. The van der Waals surface area contributed by atoms with Crippen molar-refractivity contribution in [1.29, 1.82) is 0 Å². The third kappa shape index (κ3) is 4.38. The Morgan fingerprint density at radius 2 is 1.84 bits per heavy atom. The monoisotopic (exact) mass is 420 g/mol. The molecule has 7 nitrogen and oxygen atoms in total. The molecule has 0 spiro atoms. The molecule has 0 aliphatic carbocycles. The van der Waals surface area contributed by atoms with Gasteiger partial charge >= 0.3 is 0 Å². The van der Waals surface area contributed by atoms with E-state index in [1.807, 2.05) is 30.8 Å². The van der Waals surface area contributed by atoms with Crippen LogP contribution in [0.4, 0.5) is 10.3 Å². The molecule has 1 saturated heterocycles. The number of hydrogen-bond acceptors (Lipinski definition) is 6. The molecule has 2 aromatic heterocycles. The Labute approximate surface area is 181 Å². The van der Waals surface area contributed by atoms with Crippen LogP contribution in [0.15, 0.2) is 42.9 Å². The first kappa shape index (κ1) is 20.8. The molecule has 1 atom stereocenters. The van der Waals surface area contributed by atoms with Gasteiger partial charge in [-0.2, -0.15) is 0 Å². The summed E-state index contributed by atoms with van der Waals surface area (Å²) in [5, 5.41) is 0. The van der Waals surface area contributed by atoms with Gasteiger partial charge in [-0.1, -0.05) is 12.1 Å². The van der Waals surface area contributed by atoms with E-state index < -0.39 is 0 Å². The quantitative estimate of drug-likeness (QED) is 0.639. The molecule has 0 N–H and O–H groups in total. The second-order valence-corrected chi connectivity index (χ2v) is 7.92. The molecule has 1 aliphatic rings. The van der Waals surface area contributed by atoms with Crippen LogP contribution in [0, 0.1) is 12.7 Å². The van der Waals surface area contributed by atoms with E-state index in [9.17, 15) is 9.18 Å². The Morgan fingerprint density at radius 1 is 1.06 bits per heavy atom. The van der Waals surface area contributed by atoms with Crippen molar-refractivity contribution in [2.24, 2.45) is 0 Å². The predicted octanol–water partition coefficient (Wildman–Crippen LogP) is 3.81. The number of aromatic nitrogens is 4. The fourth-order valence-electron chi connectivity index (χ4n) is 3.82. The molecule has 31 heavy (non-hydrogen) atoms. The summed E-state index contributed by atoms with van der Waals surface area (Å²) < 4.78 is 13.5. The minimum absolute atomic E-state index is 0.160. The summed E-state index contributed by atoms with van der Waals surface area (Å²) >= 11 is 0. The van der Waals surface area contributed by atoms with Crippen LogP contribution in [-0.4, -0.2) is 51.4 Å². The van der Waals surface area contributed by atoms with Crippen molar-refractivity contribution in [1.82, 2.24) is 24.8 Å². The summed E-state index contributed by atoms with van der Waals surface area (Å²) in [6.45, 7) is 2.45. The van der Waals surface area contributed by atoms with Crippen LogP contribution in [0.2, 0.25) is 0 Å². The lowest BCUT2D eigenvalue weighted by Crippen LogP contribution is -2.39. The maximum Gasteiger partial charge on any atom is 0.274 e. The average molecular weight is 420 g/mol. The molecule has 8 heteroatoms. The predicted molar refractivity (Wildman–Crippen MR) is 116 cm³/mol. The first-order chi connectivity index (χ1) is 14.9. The largest absolute Gasteiger partial charge is 0.347 e. The fraction of sp³-hybridized carbons (Fsp3) is 0.348. The number of carbonyl (C=O) groups excluding carboxylic acids is 1. The lowest BCUT2D eigenvalue weighted by atomic mass is 9.93. The van der Waals surface area contributed by atoms with Crippen LogP contribution in [-0.2, 0) is 0 Å². The van der Waals surface area contributed by atoms with E-state index in [0.717, 1.165) is 41.8 Å². The van der Waals surface area contributed by atoms with Crippen LogP contribution >= 0.6 is 0 Å². The number of amides is 1. The van der Waals surface area contributed by atoms with Gasteiger partial charge in [-0.25, -0.2) is 19.3 Å². The molecule has 1 aliphatic heterocycles. The van der Waals surface area contributed by atoms with Crippen molar-refractivity contribution in [2.75, 3.05) is 25.5 Å². The number of rotatable bonds is 4. The van der Waals surface area contributed by atoms with Crippen LogP contribution in [0.1, 0.15) is 47.2 Å². The van der Waals surface area contributed by atoms with E-state index in [1.54, 1.807) is 24.5 Å². The molecule has 1 amide bonds. The summed E-state index contributed by atoms with van der Waals surface area (Å²) in [5.74, 6) is 0.102. The van der Waals surface area contributed by atoms with Gasteiger partial charge in [-0.05, 0) is 43.9 Å². The normalized spacial score (nSPS) is 16.3. The lowest BCUT2D eigenvalue weighted by molar-refractivity contribution is 0.0600. The van der Waals surface area contributed by atoms with E-state index in [-0.39, 0.29) is 17.8 Å². The van der Waals surface area contributed by atoms with E-state index in [4.69, 9.17) is 4.98 Å². The first-order valence-corrected chi connectivity index (χ1v) is 10.3. The molecule has 160 valence electrons. The molecule has 0 unspecified atom stereocenters. The van der Waals surface area contributed by atoms with E-state index in [0.29, 0.717) is 18.2 Å². The maximum atomic E-state index is 13.5. The van der Waals surface area contributed by atoms with Crippen molar-refractivity contribution in [3.63, 3.8) is 0 Å². The van der Waals surface area contributed by atoms with Gasteiger partial charge in [-0.3, -0.25) is 9.78 Å². The highest BCUT2D eigenvalue weighted by molar-refractivity contribution is 5.92. The standard InChI is InChI=1S/C23H25FN6O/c1-15-12-26-19(14-25-15)22(31)30-11-5-4-6-20(30)21-18(13-27-23(28-21)29(2)3)16-7-9-17(24)10-8-16/h7-10,12-14,20H,4-6,11H2,1-3H3/t20-/m0/s1. The second kappa shape index (κ2) is 8.75. The van der Waals surface area contributed by atoms with Gasteiger partial charge in [0.2, 0.25) is 5.95 Å². The number of halogens is 1. The van der Waals surface area contributed by atoms with Crippen LogP contribution in [0.3, 0.4) is 0 Å². The van der Waals surface area contributed by atoms with Gasteiger partial charge in [0.1, 0.15) is 11.5 Å². The average Bonchev–Trinajstić information content (AvgIpc) is 2.79. The summed E-state index contributed by atoms with van der Waals surface area (Å²) in [5.41, 5.74) is 3.46. The Kier molecular flexibility index (Phi) is 5.88. The SMILES string of the molecule is Cc1cnc(C(=O)N2CCCC[C@H]2c2nc(N(C)C)ncc2-c2ccc(F)cc2)cn1. The summed E-state index contributed by atoms with van der Waals surface area (Å²) in [7, 11) is 3.75. The van der Waals surface area contributed by atoms with Gasteiger partial charge in [0.25, 0.3) is 5.91 Å². The zero-order valence-corrected chi connectivity index (χ0v) is 17.9. The third-order valence-electron chi connectivity index (χ3n) is 5.44. The smallest absolute Gasteiger partial charge is 0.274 e. The van der Waals surface area contributed by atoms with E-state index in [2.05, 4.69) is 15.0 Å². The first-order valence-electron chi connectivity index (χ1n) is 10.3. The topological polar surface area (TPSA) is 75.1 Å². The molecule has 4 rings (SSSR count). The maximum absolute atomic E-state index is 13.5. The second-order valence-electron chi connectivity index (χ2n) is 7.92. The molecule has 3 heterocycles. The summed E-state index contributed by atoms with van der Waals surface area (Å²) in [6, 6.07) is 6.04. The van der Waals surface area contributed by atoms with Crippen LogP contribution in [0.5, 0.6) is 0 Å². The minimum atomic E-state index is -0.302. The Bertz CT molecular complexity index is 1070. The minimum Gasteiger partial charge on any atom is -0.347 e. The number of hydrogen-bond donors (Lipinski definition) is 0. The zero-order valence-electron chi connectivity index (χ0n) is 17.9. The number of aryl methyl sites for hydroxylation is 1. The van der Waals surface area contributed by atoms with E-state index >= 15 is 0 Å². The fourth-order valence-corrected chi connectivity index (χ4v) is 3.82. The Hall–Kier alpha value is -3.42. The third-order valence-corrected chi connectivity index (χ3v) is 5.44. The highest BCUT2D eigenvalue weighted by Gasteiger charge is 2.32. The molecule has 0 bridgehead atoms. The van der Waals surface area contributed by atoms with Gasteiger partial charge < -0.3 is 9.80 Å². The highest BCUT2D eigenvalue weighted by Crippen LogP contribution is 2.37. The van der Waals surface area contributed by atoms with Crippen molar-refractivity contribution in [3.05, 3.63) is 65.8 Å². The van der Waals surface area contributed by atoms with Crippen molar-refractivity contribution in [2.45, 2.75) is 32.2 Å². The van der Waals surface area contributed by atoms with Crippen molar-refractivity contribution >= 4 is 11.9 Å². The molecule has 0 radical (unpaired) electrons. The van der Waals surface area contributed by atoms with Crippen molar-refractivity contribution in [3.8, 4) is 11.1 Å². The van der Waals surface area contributed by atoms with Crippen LogP contribution < -0.4 is 4.90 Å². The molecule has 3 aromatic rings. The van der Waals surface area contributed by atoms with E-state index in [1.165, 1.54) is 18.3 Å². The Balaban J connectivity index is 1.79. The number of benzene rings is 1. The van der Waals surface area contributed by atoms with Gasteiger partial charge in [0.15, 0.2) is 0 Å². The molecular formula is C23H25FN6O.